The van der Waals surface area contributed by atoms with E-state index >= 15 is 0 Å². The van der Waals surface area contributed by atoms with Gasteiger partial charge in [-0.05, 0) is 37.1 Å². The first-order chi connectivity index (χ1) is 11.0. The lowest BCUT2D eigenvalue weighted by Crippen LogP contribution is -2.30. The number of nitrogens with zero attached hydrogens (tertiary/aromatic N) is 2. The third-order valence-corrected chi connectivity index (χ3v) is 4.23. The van der Waals surface area contributed by atoms with Crippen molar-refractivity contribution in [2.24, 2.45) is 0 Å². The minimum absolute atomic E-state index is 0.127. The molecule has 0 saturated carbocycles. The van der Waals surface area contributed by atoms with E-state index in [1.165, 1.54) is 0 Å². The Morgan fingerprint density at radius 2 is 1.96 bits per heavy atom. The van der Waals surface area contributed by atoms with E-state index in [0.29, 0.717) is 11.0 Å². The predicted molar refractivity (Wildman–Crippen MR) is 97.5 cm³/mol. The summed E-state index contributed by atoms with van der Waals surface area (Å²) in [7, 11) is 0. The number of rotatable bonds is 3. The number of aromatic amines is 1. The summed E-state index contributed by atoms with van der Waals surface area (Å²) in [6.45, 7) is 1.74. The third-order valence-electron chi connectivity index (χ3n) is 3.67. The molecule has 1 saturated heterocycles. The minimum atomic E-state index is -0.342. The van der Waals surface area contributed by atoms with Crippen LogP contribution in [0.25, 0.3) is 0 Å². The van der Waals surface area contributed by atoms with Gasteiger partial charge in [0, 0.05) is 23.8 Å². The predicted octanol–water partition coefficient (Wildman–Crippen LogP) is 2.39. The number of hydrogen-bond donors (Lipinski definition) is 3. The summed E-state index contributed by atoms with van der Waals surface area (Å²) in [6.07, 6.45) is 2.17. The molecule has 3 rings (SSSR count). The van der Waals surface area contributed by atoms with Crippen LogP contribution in [0.15, 0.2) is 29.1 Å². The molecule has 0 atom stereocenters. The van der Waals surface area contributed by atoms with E-state index in [0.717, 1.165) is 31.6 Å². The normalized spacial score (nSPS) is 14.0. The first-order valence-electron chi connectivity index (χ1n) is 7.26. The van der Waals surface area contributed by atoms with Crippen LogP contribution in [0.1, 0.15) is 18.4 Å². The molecule has 2 heterocycles. The molecule has 0 radical (unpaired) electrons. The first kappa shape index (κ1) is 15.8. The monoisotopic (exact) mass is 349 g/mol. The van der Waals surface area contributed by atoms with Crippen molar-refractivity contribution in [2.45, 2.75) is 12.8 Å². The van der Waals surface area contributed by atoms with Crippen LogP contribution in [0.4, 0.5) is 17.5 Å². The second-order valence-corrected chi connectivity index (χ2v) is 6.15. The highest BCUT2D eigenvalue weighted by atomic mass is 35.5. The Morgan fingerprint density at radius 1 is 1.30 bits per heavy atom. The average Bonchev–Trinajstić information content (AvgIpc) is 3.03. The number of halogens is 1. The van der Waals surface area contributed by atoms with Crippen LogP contribution in [0.5, 0.6) is 0 Å². The van der Waals surface area contributed by atoms with Gasteiger partial charge in [0.15, 0.2) is 0 Å². The van der Waals surface area contributed by atoms with Crippen molar-refractivity contribution in [2.75, 3.05) is 29.0 Å². The van der Waals surface area contributed by atoms with Crippen molar-refractivity contribution in [3.63, 3.8) is 0 Å². The van der Waals surface area contributed by atoms with Gasteiger partial charge in [0.05, 0.1) is 0 Å². The molecule has 0 aliphatic carbocycles. The molecular formula is C15H16ClN5OS. The fraction of sp³-hybridized carbons (Fsp3) is 0.267. The van der Waals surface area contributed by atoms with Gasteiger partial charge in [-0.15, -0.1) is 0 Å². The van der Waals surface area contributed by atoms with Crippen LogP contribution in [0.2, 0.25) is 5.02 Å². The third kappa shape index (κ3) is 3.46. The Morgan fingerprint density at radius 3 is 2.57 bits per heavy atom. The van der Waals surface area contributed by atoms with Gasteiger partial charge in [0.2, 0.25) is 5.95 Å². The maximum Gasteiger partial charge on any atom is 0.264 e. The van der Waals surface area contributed by atoms with Crippen molar-refractivity contribution >= 4 is 46.3 Å². The van der Waals surface area contributed by atoms with E-state index in [2.05, 4.69) is 15.3 Å². The number of aromatic nitrogens is 2. The molecule has 4 N–H and O–H groups in total. The largest absolute Gasteiger partial charge is 0.383 e. The number of nitrogens with two attached hydrogens (primary N) is 1. The van der Waals surface area contributed by atoms with Crippen LogP contribution < -0.4 is 21.5 Å². The zero-order valence-corrected chi connectivity index (χ0v) is 13.9. The van der Waals surface area contributed by atoms with Gasteiger partial charge in [0.25, 0.3) is 5.56 Å². The smallest absolute Gasteiger partial charge is 0.264 e. The number of H-pyrrole nitrogens is 1. The molecule has 1 aliphatic rings. The van der Waals surface area contributed by atoms with E-state index in [4.69, 9.17) is 29.6 Å². The maximum absolute atomic E-state index is 12.4. The van der Waals surface area contributed by atoms with Crippen LogP contribution in [0.3, 0.4) is 0 Å². The van der Waals surface area contributed by atoms with Gasteiger partial charge in [0.1, 0.15) is 16.4 Å². The second kappa shape index (κ2) is 6.55. The Labute approximate surface area is 143 Å². The molecule has 8 heteroatoms. The van der Waals surface area contributed by atoms with Crippen molar-refractivity contribution in [3.8, 4) is 0 Å². The molecule has 120 valence electrons. The summed E-state index contributed by atoms with van der Waals surface area (Å²) in [4.78, 5) is 21.6. The fourth-order valence-electron chi connectivity index (χ4n) is 2.50. The van der Waals surface area contributed by atoms with Crippen molar-refractivity contribution in [3.05, 3.63) is 45.2 Å². The molecule has 1 fully saturated rings. The molecule has 2 aromatic rings. The number of nitrogen functional groups attached to an aromatic ring is 1. The molecule has 1 aliphatic heterocycles. The van der Waals surface area contributed by atoms with E-state index in [1.54, 1.807) is 24.3 Å². The lowest BCUT2D eigenvalue weighted by Gasteiger charge is -2.17. The van der Waals surface area contributed by atoms with Gasteiger partial charge in [-0.1, -0.05) is 23.8 Å². The Bertz CT molecular complexity index is 783. The molecular weight excluding hydrogens is 334 g/mol. The van der Waals surface area contributed by atoms with E-state index in [1.807, 2.05) is 4.90 Å². The Hall–Kier alpha value is -2.12. The number of thiocarbonyl (C=S) groups is 1. The summed E-state index contributed by atoms with van der Waals surface area (Å²) in [5.74, 6) is 0.630. The summed E-state index contributed by atoms with van der Waals surface area (Å²) in [5.41, 5.74) is 6.52. The highest BCUT2D eigenvalue weighted by molar-refractivity contribution is 7.81. The molecule has 0 amide bonds. The summed E-state index contributed by atoms with van der Waals surface area (Å²) < 4.78 is 0. The number of anilines is 3. The van der Waals surface area contributed by atoms with Gasteiger partial charge < -0.3 is 16.0 Å². The van der Waals surface area contributed by atoms with Crippen LogP contribution in [-0.4, -0.2) is 28.0 Å². The Kier molecular flexibility index (Phi) is 4.49. The second-order valence-electron chi connectivity index (χ2n) is 5.30. The van der Waals surface area contributed by atoms with Gasteiger partial charge in [-0.25, -0.2) is 0 Å². The summed E-state index contributed by atoms with van der Waals surface area (Å²) in [6, 6.07) is 7.00. The molecule has 0 spiro atoms. The van der Waals surface area contributed by atoms with Gasteiger partial charge >= 0.3 is 0 Å². The standard InChI is InChI=1S/C15H16ClN5OS/c16-9-3-5-10(6-4-9)18-14(23)11-12(17)19-15(20-13(11)22)21-7-1-2-8-21/h3-6H,1-2,7-8H2,(H,18,23)(H3,17,19,20,22). The van der Waals surface area contributed by atoms with Crippen molar-refractivity contribution in [1.29, 1.82) is 0 Å². The quantitative estimate of drug-likeness (QED) is 0.737. The van der Waals surface area contributed by atoms with E-state index in [9.17, 15) is 4.79 Å². The summed E-state index contributed by atoms with van der Waals surface area (Å²) >= 11 is 11.1. The molecule has 0 unspecified atom stereocenters. The lowest BCUT2D eigenvalue weighted by molar-refractivity contribution is 0.891. The zero-order chi connectivity index (χ0) is 16.4. The van der Waals surface area contributed by atoms with Crippen LogP contribution in [-0.2, 0) is 0 Å². The number of hydrogen-bond acceptors (Lipinski definition) is 5. The molecule has 1 aromatic heterocycles. The molecule has 0 bridgehead atoms. The molecule has 1 aromatic carbocycles. The molecule has 6 nitrogen and oxygen atoms in total. The van der Waals surface area contributed by atoms with E-state index in [-0.39, 0.29) is 21.9 Å². The maximum atomic E-state index is 12.4. The highest BCUT2D eigenvalue weighted by Gasteiger charge is 2.19. The minimum Gasteiger partial charge on any atom is -0.383 e. The van der Waals surface area contributed by atoms with Crippen LogP contribution in [0, 0.1) is 0 Å². The zero-order valence-electron chi connectivity index (χ0n) is 12.3. The van der Waals surface area contributed by atoms with E-state index < -0.39 is 0 Å². The van der Waals surface area contributed by atoms with Gasteiger partial charge in [-0.3, -0.25) is 9.78 Å². The lowest BCUT2D eigenvalue weighted by atomic mass is 10.2. The van der Waals surface area contributed by atoms with Crippen molar-refractivity contribution < 1.29 is 0 Å². The van der Waals surface area contributed by atoms with Crippen molar-refractivity contribution in [1.82, 2.24) is 9.97 Å². The number of nitrogens with one attached hydrogen (secondary N) is 2. The SMILES string of the molecule is Nc1nc(N2CCCC2)[nH]c(=O)c1C(=S)Nc1ccc(Cl)cc1. The van der Waals surface area contributed by atoms with Crippen LogP contribution >= 0.6 is 23.8 Å². The summed E-state index contributed by atoms with van der Waals surface area (Å²) in [5, 5.41) is 3.60. The topological polar surface area (TPSA) is 87.0 Å². The first-order valence-corrected chi connectivity index (χ1v) is 8.05. The van der Waals surface area contributed by atoms with Gasteiger partial charge in [-0.2, -0.15) is 4.98 Å². The molecule has 23 heavy (non-hydrogen) atoms. The Balaban J connectivity index is 1.85. The fourth-order valence-corrected chi connectivity index (χ4v) is 2.94. The average molecular weight is 350 g/mol. The highest BCUT2D eigenvalue weighted by Crippen LogP contribution is 2.18. The number of benzene rings is 1.